The molecule has 1 amide bonds. The van der Waals surface area contributed by atoms with Gasteiger partial charge in [-0.1, -0.05) is 35.3 Å². The quantitative estimate of drug-likeness (QED) is 0.570. The third kappa shape index (κ3) is 6.32. The average molecular weight is 462 g/mol. The highest BCUT2D eigenvalue weighted by Crippen LogP contribution is 2.24. The van der Waals surface area contributed by atoms with E-state index in [0.29, 0.717) is 11.6 Å². The van der Waals surface area contributed by atoms with Gasteiger partial charge in [-0.25, -0.2) is 13.6 Å². The zero-order chi connectivity index (χ0) is 20.9. The third-order valence-electron chi connectivity index (χ3n) is 3.68. The van der Waals surface area contributed by atoms with Gasteiger partial charge in [0.05, 0.1) is 15.6 Å². The second kappa shape index (κ2) is 9.53. The number of benzene rings is 2. The van der Waals surface area contributed by atoms with E-state index in [2.05, 4.69) is 10.6 Å². The summed E-state index contributed by atoms with van der Waals surface area (Å²) in [4.78, 5) is 11.8. The van der Waals surface area contributed by atoms with Crippen LogP contribution in [-0.2, 0) is 26.1 Å². The van der Waals surface area contributed by atoms with Gasteiger partial charge in [0.2, 0.25) is 10.0 Å². The maximum atomic E-state index is 12.0. The first-order valence-electron chi connectivity index (χ1n) is 7.84. The Bertz CT molecular complexity index is 1010. The molecule has 0 aromatic heterocycles. The molecule has 2 aromatic carbocycles. The Morgan fingerprint density at radius 2 is 1.93 bits per heavy atom. The van der Waals surface area contributed by atoms with Gasteiger partial charge < -0.3 is 15.4 Å². The predicted molar refractivity (Wildman–Crippen MR) is 113 cm³/mol. The molecular weight excluding hydrogens is 445 g/mol. The average Bonchev–Trinajstić information content (AvgIpc) is 2.62. The molecule has 2 rings (SSSR count). The summed E-state index contributed by atoms with van der Waals surface area (Å²) in [6, 6.07) is 9.23. The molecule has 0 fully saturated rings. The highest BCUT2D eigenvalue weighted by Gasteiger charge is 2.13. The minimum absolute atomic E-state index is 0.0250. The van der Waals surface area contributed by atoms with Crippen molar-refractivity contribution in [1.82, 2.24) is 5.32 Å². The van der Waals surface area contributed by atoms with Crippen LogP contribution in [0.3, 0.4) is 0 Å². The fraction of sp³-hybridized carbons (Fsp3) is 0.176. The number of halogens is 2. The molecule has 0 aliphatic rings. The monoisotopic (exact) mass is 461 g/mol. The number of hydrogen-bond acceptors (Lipinski definition) is 5. The normalized spacial score (nSPS) is 11.0. The van der Waals surface area contributed by atoms with E-state index in [4.69, 9.17) is 45.3 Å². The van der Waals surface area contributed by atoms with E-state index in [1.165, 1.54) is 12.1 Å². The van der Waals surface area contributed by atoms with Crippen molar-refractivity contribution in [3.05, 3.63) is 57.6 Å². The Kier molecular flexibility index (Phi) is 7.62. The van der Waals surface area contributed by atoms with Crippen LogP contribution in [0.1, 0.15) is 11.1 Å². The van der Waals surface area contributed by atoms with Gasteiger partial charge in [-0.05, 0) is 54.5 Å². The lowest BCUT2D eigenvalue weighted by atomic mass is 10.1. The van der Waals surface area contributed by atoms with Crippen molar-refractivity contribution < 1.29 is 17.9 Å². The number of ether oxygens (including phenoxy) is 1. The van der Waals surface area contributed by atoms with Gasteiger partial charge in [-0.15, -0.1) is 0 Å². The number of anilines is 1. The number of thiocarbonyl (C=S) groups is 1. The molecule has 0 aliphatic heterocycles. The largest absolute Gasteiger partial charge is 0.461 e. The highest BCUT2D eigenvalue weighted by molar-refractivity contribution is 7.89. The molecule has 7 nitrogen and oxygen atoms in total. The molecule has 0 bridgehead atoms. The second-order valence-electron chi connectivity index (χ2n) is 5.69. The van der Waals surface area contributed by atoms with Crippen LogP contribution in [0.4, 0.5) is 5.69 Å². The van der Waals surface area contributed by atoms with E-state index in [9.17, 15) is 13.2 Å². The van der Waals surface area contributed by atoms with Crippen LogP contribution >= 0.6 is 35.4 Å². The number of amides is 1. The molecule has 0 aliphatic carbocycles. The van der Waals surface area contributed by atoms with Crippen LogP contribution in [0, 0.1) is 6.92 Å². The fourth-order valence-corrected chi connectivity index (χ4v) is 3.31. The van der Waals surface area contributed by atoms with E-state index in [1.54, 1.807) is 6.07 Å². The summed E-state index contributed by atoms with van der Waals surface area (Å²) < 4.78 is 27.8. The molecule has 0 radical (unpaired) electrons. The molecule has 11 heteroatoms. The van der Waals surface area contributed by atoms with Crippen molar-refractivity contribution in [2.45, 2.75) is 18.4 Å². The predicted octanol–water partition coefficient (Wildman–Crippen LogP) is 2.98. The van der Waals surface area contributed by atoms with Crippen LogP contribution in [-0.4, -0.2) is 26.1 Å². The van der Waals surface area contributed by atoms with Crippen LogP contribution in [0.15, 0.2) is 41.3 Å². The minimum atomic E-state index is -3.88. The van der Waals surface area contributed by atoms with Crippen LogP contribution in [0.25, 0.3) is 0 Å². The number of sulfonamides is 1. The van der Waals surface area contributed by atoms with Gasteiger partial charge in [0, 0.05) is 11.6 Å². The summed E-state index contributed by atoms with van der Waals surface area (Å²) in [7, 11) is -3.88. The Morgan fingerprint density at radius 3 is 2.57 bits per heavy atom. The molecule has 0 spiro atoms. The zero-order valence-electron chi connectivity index (χ0n) is 14.7. The first-order chi connectivity index (χ1) is 13.1. The lowest BCUT2D eigenvalue weighted by Crippen LogP contribution is -2.28. The van der Waals surface area contributed by atoms with Crippen molar-refractivity contribution in [2.24, 2.45) is 5.14 Å². The first kappa shape index (κ1) is 22.4. The summed E-state index contributed by atoms with van der Waals surface area (Å²) >= 11 is 17.1. The number of carbonyl (C=O) groups is 1. The van der Waals surface area contributed by atoms with Crippen LogP contribution < -0.4 is 15.8 Å². The molecular formula is C17H17Cl2N3O4S2. The van der Waals surface area contributed by atoms with Gasteiger partial charge >= 0.3 is 0 Å². The lowest BCUT2D eigenvalue weighted by Gasteiger charge is -2.12. The highest BCUT2D eigenvalue weighted by atomic mass is 35.5. The minimum Gasteiger partial charge on any atom is -0.461 e. The maximum absolute atomic E-state index is 12.0. The smallest absolute Gasteiger partial charge is 0.262 e. The molecule has 0 saturated carbocycles. The van der Waals surface area contributed by atoms with Crippen LogP contribution in [0.2, 0.25) is 10.0 Å². The van der Waals surface area contributed by atoms with E-state index in [-0.39, 0.29) is 27.4 Å². The van der Waals surface area contributed by atoms with Gasteiger partial charge in [0.25, 0.3) is 11.1 Å². The van der Waals surface area contributed by atoms with E-state index in [1.807, 2.05) is 19.1 Å². The van der Waals surface area contributed by atoms with E-state index < -0.39 is 15.9 Å². The molecule has 150 valence electrons. The summed E-state index contributed by atoms with van der Waals surface area (Å²) in [5, 5.41) is 11.1. The maximum Gasteiger partial charge on any atom is 0.262 e. The number of hydrogen-bond donors (Lipinski definition) is 3. The number of nitrogens with one attached hydrogen (secondary N) is 2. The van der Waals surface area contributed by atoms with Gasteiger partial charge in [-0.2, -0.15) is 0 Å². The third-order valence-corrected chi connectivity index (χ3v) is 5.58. The lowest BCUT2D eigenvalue weighted by molar-refractivity contribution is -0.118. The second-order valence-corrected chi connectivity index (χ2v) is 8.44. The summed E-state index contributed by atoms with van der Waals surface area (Å²) in [5.74, 6) is -0.520. The molecule has 4 N–H and O–H groups in total. The number of rotatable bonds is 6. The topological polar surface area (TPSA) is 111 Å². The number of carbonyl (C=O) groups excluding carboxylic acids is 1. The zero-order valence-corrected chi connectivity index (χ0v) is 17.8. The Labute approximate surface area is 178 Å². The van der Waals surface area contributed by atoms with Gasteiger partial charge in [0.15, 0.2) is 6.61 Å². The van der Waals surface area contributed by atoms with Crippen molar-refractivity contribution in [3.8, 4) is 0 Å². The summed E-state index contributed by atoms with van der Waals surface area (Å²) in [6.07, 6.45) is 0. The summed E-state index contributed by atoms with van der Waals surface area (Å²) in [5.41, 5.74) is 2.09. The molecule has 28 heavy (non-hydrogen) atoms. The molecule has 0 atom stereocenters. The Hall–Kier alpha value is -1.91. The van der Waals surface area contributed by atoms with Gasteiger partial charge in [-0.3, -0.25) is 4.79 Å². The van der Waals surface area contributed by atoms with E-state index in [0.717, 1.165) is 17.2 Å². The summed E-state index contributed by atoms with van der Waals surface area (Å²) in [6.45, 7) is 1.93. The van der Waals surface area contributed by atoms with Crippen molar-refractivity contribution in [2.75, 3.05) is 11.9 Å². The molecule has 0 saturated heterocycles. The van der Waals surface area contributed by atoms with Crippen molar-refractivity contribution in [1.29, 1.82) is 0 Å². The Morgan fingerprint density at radius 1 is 1.21 bits per heavy atom. The first-order valence-corrected chi connectivity index (χ1v) is 10.6. The fourth-order valence-electron chi connectivity index (χ4n) is 2.15. The SMILES string of the molecule is Cc1c(Cl)cccc1CNC(=S)OCC(=O)Nc1ccc(S(N)(=O)=O)cc1Cl. The molecule has 0 heterocycles. The van der Waals surface area contributed by atoms with Crippen molar-refractivity contribution in [3.63, 3.8) is 0 Å². The Balaban J connectivity index is 1.85. The van der Waals surface area contributed by atoms with Gasteiger partial charge in [0.1, 0.15) is 0 Å². The number of nitrogens with two attached hydrogens (primary N) is 1. The van der Waals surface area contributed by atoms with E-state index >= 15 is 0 Å². The molecule has 0 unspecified atom stereocenters. The standard InChI is InChI=1S/C17H17Cl2N3O4S2/c1-10-11(3-2-4-13(10)18)8-21-17(27)26-9-16(23)22-15-6-5-12(7-14(15)19)28(20,24)25/h2-7H,8-9H2,1H3,(H,21,27)(H,22,23)(H2,20,24,25). The van der Waals surface area contributed by atoms with Crippen LogP contribution in [0.5, 0.6) is 0 Å². The number of primary sulfonamides is 1. The molecule has 2 aromatic rings. The van der Waals surface area contributed by atoms with Crippen molar-refractivity contribution >= 4 is 62.2 Å².